The number of hydrogen-bond donors (Lipinski definition) is 3. The number of benzene rings is 1. The minimum Gasteiger partial charge on any atom is -0.366 e. The lowest BCUT2D eigenvalue weighted by molar-refractivity contribution is -0.131. The van der Waals surface area contributed by atoms with Crippen LogP contribution in [0.1, 0.15) is 43.9 Å². The molecule has 0 aliphatic carbocycles. The van der Waals surface area contributed by atoms with E-state index in [0.29, 0.717) is 19.0 Å². The van der Waals surface area contributed by atoms with E-state index in [1.54, 1.807) is 0 Å². The van der Waals surface area contributed by atoms with Crippen LogP contribution in [-0.2, 0) is 11.2 Å². The topological polar surface area (TPSA) is 89.7 Å². The maximum Gasteiger partial charge on any atom is 0.227 e. The fourth-order valence-corrected chi connectivity index (χ4v) is 4.53. The largest absolute Gasteiger partial charge is 0.366 e. The van der Waals surface area contributed by atoms with Gasteiger partial charge in [0.15, 0.2) is 11.5 Å². The molecule has 1 aliphatic rings. The van der Waals surface area contributed by atoms with Crippen LogP contribution in [0.25, 0.3) is 21.9 Å². The molecule has 3 aromatic heterocycles. The maximum atomic E-state index is 13.1. The fraction of sp³-hybridized carbons (Fsp3) is 0.375. The van der Waals surface area contributed by atoms with Gasteiger partial charge in [0, 0.05) is 47.8 Å². The number of hydrogen-bond acceptors (Lipinski definition) is 4. The molecule has 0 bridgehead atoms. The Morgan fingerprint density at radius 3 is 2.97 bits per heavy atom. The van der Waals surface area contributed by atoms with Gasteiger partial charge in [-0.3, -0.25) is 9.89 Å². The summed E-state index contributed by atoms with van der Waals surface area (Å²) in [6.07, 6.45) is 4.42. The monoisotopic (exact) mass is 416 g/mol. The number of anilines is 1. The van der Waals surface area contributed by atoms with E-state index in [1.165, 1.54) is 0 Å². The molecular weight excluding hydrogens is 388 g/mol. The van der Waals surface area contributed by atoms with Gasteiger partial charge in [0.25, 0.3) is 0 Å². The summed E-state index contributed by atoms with van der Waals surface area (Å²) in [5.74, 6) is 1.26. The van der Waals surface area contributed by atoms with Crippen molar-refractivity contribution < 1.29 is 4.79 Å². The number of pyridine rings is 1. The fourth-order valence-electron chi connectivity index (χ4n) is 4.53. The molecule has 4 aromatic rings. The van der Waals surface area contributed by atoms with E-state index < -0.39 is 0 Å². The summed E-state index contributed by atoms with van der Waals surface area (Å²) in [5.41, 5.74) is 3.95. The van der Waals surface area contributed by atoms with Gasteiger partial charge >= 0.3 is 0 Å². The summed E-state index contributed by atoms with van der Waals surface area (Å²) in [4.78, 5) is 23.2. The number of nitrogens with one attached hydrogen (secondary N) is 3. The van der Waals surface area contributed by atoms with E-state index >= 15 is 0 Å². The van der Waals surface area contributed by atoms with Gasteiger partial charge in [-0.1, -0.05) is 18.2 Å². The molecule has 1 aliphatic heterocycles. The second kappa shape index (κ2) is 8.06. The number of fused-ring (bicyclic) bond motifs is 2. The van der Waals surface area contributed by atoms with Crippen molar-refractivity contribution in [2.45, 2.75) is 45.1 Å². The predicted molar refractivity (Wildman–Crippen MR) is 123 cm³/mol. The Kier molecular flexibility index (Phi) is 5.10. The minimum absolute atomic E-state index is 0.181. The van der Waals surface area contributed by atoms with Crippen LogP contribution in [-0.4, -0.2) is 50.1 Å². The molecule has 7 heteroatoms. The number of aromatic amines is 2. The molecule has 1 atom stereocenters. The quantitative estimate of drug-likeness (QED) is 0.455. The molecule has 0 radical (unpaired) electrons. The smallest absolute Gasteiger partial charge is 0.227 e. The average Bonchev–Trinajstić information content (AvgIpc) is 3.37. The first kappa shape index (κ1) is 19.6. The van der Waals surface area contributed by atoms with Gasteiger partial charge in [-0.05, 0) is 50.5 Å². The number of amides is 1. The minimum atomic E-state index is 0.181. The molecule has 3 N–H and O–H groups in total. The summed E-state index contributed by atoms with van der Waals surface area (Å²) in [6, 6.07) is 12.6. The zero-order chi connectivity index (χ0) is 21.4. The summed E-state index contributed by atoms with van der Waals surface area (Å²) in [6.45, 7) is 5.70. The first-order valence-electron chi connectivity index (χ1n) is 11.0. The van der Waals surface area contributed by atoms with Crippen LogP contribution >= 0.6 is 0 Å². The van der Waals surface area contributed by atoms with Gasteiger partial charge in [0.1, 0.15) is 0 Å². The Bertz CT molecular complexity index is 1220. The second-order valence-corrected chi connectivity index (χ2v) is 8.72. The Hall–Kier alpha value is -3.35. The van der Waals surface area contributed by atoms with Crippen molar-refractivity contribution in [3.05, 3.63) is 53.9 Å². The summed E-state index contributed by atoms with van der Waals surface area (Å²) < 4.78 is 0. The van der Waals surface area contributed by atoms with Crippen LogP contribution in [0.15, 0.2) is 42.6 Å². The molecule has 31 heavy (non-hydrogen) atoms. The van der Waals surface area contributed by atoms with Gasteiger partial charge < -0.3 is 15.2 Å². The van der Waals surface area contributed by atoms with Gasteiger partial charge in [-0.25, -0.2) is 4.98 Å². The van der Waals surface area contributed by atoms with Crippen LogP contribution in [0, 0.1) is 0 Å². The number of piperidine rings is 1. The molecule has 0 spiro atoms. The summed E-state index contributed by atoms with van der Waals surface area (Å²) in [5, 5.41) is 12.9. The maximum absolute atomic E-state index is 13.1. The molecule has 0 saturated carbocycles. The van der Waals surface area contributed by atoms with Gasteiger partial charge in [-0.2, -0.15) is 5.10 Å². The summed E-state index contributed by atoms with van der Waals surface area (Å²) in [7, 11) is 0. The third kappa shape index (κ3) is 3.87. The van der Waals surface area contributed by atoms with Crippen molar-refractivity contribution in [1.29, 1.82) is 0 Å². The van der Waals surface area contributed by atoms with E-state index in [0.717, 1.165) is 58.4 Å². The number of carbonyl (C=O) groups excluding carboxylic acids is 1. The molecule has 4 heterocycles. The molecular formula is C24H28N6O. The van der Waals surface area contributed by atoms with Crippen LogP contribution in [0.3, 0.4) is 0 Å². The molecule has 7 nitrogen and oxygen atoms in total. The van der Waals surface area contributed by atoms with Crippen LogP contribution < -0.4 is 5.32 Å². The third-order valence-electron chi connectivity index (χ3n) is 6.08. The number of aromatic nitrogens is 4. The van der Waals surface area contributed by atoms with Crippen molar-refractivity contribution in [3.8, 4) is 0 Å². The highest BCUT2D eigenvalue weighted by atomic mass is 16.2. The molecule has 0 unspecified atom stereocenters. The first-order valence-corrected chi connectivity index (χ1v) is 11.0. The van der Waals surface area contributed by atoms with Crippen molar-refractivity contribution in [3.63, 3.8) is 0 Å². The third-order valence-corrected chi connectivity index (χ3v) is 6.08. The van der Waals surface area contributed by atoms with E-state index in [-0.39, 0.29) is 11.8 Å². The Morgan fingerprint density at radius 2 is 2.10 bits per heavy atom. The average molecular weight is 417 g/mol. The normalized spacial score (nSPS) is 17.0. The number of para-hydroxylation sites is 1. The van der Waals surface area contributed by atoms with Crippen molar-refractivity contribution in [2.24, 2.45) is 0 Å². The SMILES string of the molecule is CC(C)Nc1n[nH]c2nc([C@@H]3CCCN(C(=O)Cc4c[nH]c5ccccc45)C3)ccc12. The molecule has 1 fully saturated rings. The van der Waals surface area contributed by atoms with Crippen LogP contribution in [0.4, 0.5) is 5.82 Å². The van der Waals surface area contributed by atoms with Crippen molar-refractivity contribution in [2.75, 3.05) is 18.4 Å². The lowest BCUT2D eigenvalue weighted by Crippen LogP contribution is -2.40. The number of nitrogens with zero attached hydrogens (tertiary/aromatic N) is 3. The Labute approximate surface area is 181 Å². The summed E-state index contributed by atoms with van der Waals surface area (Å²) >= 11 is 0. The number of H-pyrrole nitrogens is 2. The molecule has 1 amide bonds. The van der Waals surface area contributed by atoms with E-state index in [1.807, 2.05) is 29.3 Å². The van der Waals surface area contributed by atoms with E-state index in [4.69, 9.17) is 4.98 Å². The zero-order valence-electron chi connectivity index (χ0n) is 18.0. The first-order chi connectivity index (χ1) is 15.1. The molecule has 1 aromatic carbocycles. The zero-order valence-corrected chi connectivity index (χ0v) is 18.0. The Balaban J connectivity index is 1.31. The van der Waals surface area contributed by atoms with Gasteiger partial charge in [-0.15, -0.1) is 0 Å². The number of rotatable bonds is 5. The lowest BCUT2D eigenvalue weighted by atomic mass is 9.93. The number of likely N-dealkylation sites (tertiary alicyclic amines) is 1. The lowest BCUT2D eigenvalue weighted by Gasteiger charge is -2.32. The van der Waals surface area contributed by atoms with Crippen LogP contribution in [0.5, 0.6) is 0 Å². The molecule has 160 valence electrons. The highest BCUT2D eigenvalue weighted by Crippen LogP contribution is 2.29. The van der Waals surface area contributed by atoms with Crippen molar-refractivity contribution in [1.82, 2.24) is 25.1 Å². The number of carbonyl (C=O) groups is 1. The van der Waals surface area contributed by atoms with Crippen LogP contribution in [0.2, 0.25) is 0 Å². The Morgan fingerprint density at radius 1 is 1.23 bits per heavy atom. The highest BCUT2D eigenvalue weighted by Gasteiger charge is 2.26. The second-order valence-electron chi connectivity index (χ2n) is 8.72. The van der Waals surface area contributed by atoms with E-state index in [9.17, 15) is 4.79 Å². The molecule has 1 saturated heterocycles. The molecule has 5 rings (SSSR count). The highest BCUT2D eigenvalue weighted by molar-refractivity contribution is 5.89. The standard InChI is InChI=1S/C24H28N6O/c1-15(2)26-23-19-9-10-20(27-24(19)29-28-23)16-6-5-11-30(14-16)22(31)12-17-13-25-21-8-4-3-7-18(17)21/h3-4,7-10,13,15-16,25H,5-6,11-12,14H2,1-2H3,(H2,26,27,28,29)/t16-/m1/s1. The van der Waals surface area contributed by atoms with E-state index in [2.05, 4.69) is 52.5 Å². The van der Waals surface area contributed by atoms with Crippen molar-refractivity contribution >= 4 is 33.7 Å². The van der Waals surface area contributed by atoms with Gasteiger partial charge in [0.2, 0.25) is 5.91 Å². The predicted octanol–water partition coefficient (Wildman–Crippen LogP) is 4.21. The van der Waals surface area contributed by atoms with Gasteiger partial charge in [0.05, 0.1) is 11.8 Å².